The monoisotopic (exact) mass is 443 g/mol. The number of carbonyl (C=O) groups is 1. The van der Waals surface area contributed by atoms with Gasteiger partial charge >= 0.3 is 0 Å². The summed E-state index contributed by atoms with van der Waals surface area (Å²) in [4.78, 5) is 16.8. The lowest BCUT2D eigenvalue weighted by Gasteiger charge is -2.23. The maximum absolute atomic E-state index is 13.3. The third-order valence-electron chi connectivity index (χ3n) is 4.57. The Morgan fingerprint density at radius 3 is 2.40 bits per heavy atom. The second-order valence-corrected chi connectivity index (χ2v) is 9.13. The van der Waals surface area contributed by atoms with Gasteiger partial charge in [0.25, 0.3) is 0 Å². The number of sulfonamides is 1. The molecule has 0 spiro atoms. The van der Waals surface area contributed by atoms with Gasteiger partial charge in [-0.1, -0.05) is 41.9 Å². The first-order valence-electron chi connectivity index (χ1n) is 9.33. The molecule has 1 amide bonds. The summed E-state index contributed by atoms with van der Waals surface area (Å²) in [6.07, 6.45) is 1.64. The van der Waals surface area contributed by atoms with Crippen molar-refractivity contribution in [3.63, 3.8) is 0 Å². The Morgan fingerprint density at radius 1 is 1.03 bits per heavy atom. The summed E-state index contributed by atoms with van der Waals surface area (Å²) in [7, 11) is -3.91. The van der Waals surface area contributed by atoms with E-state index in [9.17, 15) is 13.2 Å². The summed E-state index contributed by atoms with van der Waals surface area (Å²) in [5.74, 6) is -0.410. The maximum atomic E-state index is 13.3. The summed E-state index contributed by atoms with van der Waals surface area (Å²) in [5, 5.41) is 3.17. The lowest BCUT2D eigenvalue weighted by Crippen LogP contribution is -2.40. The molecule has 0 atom stereocenters. The van der Waals surface area contributed by atoms with Crippen LogP contribution in [0.3, 0.4) is 0 Å². The van der Waals surface area contributed by atoms with Crippen LogP contribution in [0.4, 0.5) is 0 Å². The topological polar surface area (TPSA) is 79.4 Å². The molecular weight excluding hydrogens is 422 g/mol. The van der Waals surface area contributed by atoms with Gasteiger partial charge in [0.15, 0.2) is 0 Å². The zero-order chi connectivity index (χ0) is 21.6. The number of nitrogens with zero attached hydrogens (tertiary/aromatic N) is 2. The van der Waals surface area contributed by atoms with Gasteiger partial charge in [-0.3, -0.25) is 9.78 Å². The first-order chi connectivity index (χ1) is 14.4. The van der Waals surface area contributed by atoms with Crippen LogP contribution in [0.1, 0.15) is 16.8 Å². The van der Waals surface area contributed by atoms with Crippen molar-refractivity contribution in [2.45, 2.75) is 24.9 Å². The fourth-order valence-electron chi connectivity index (χ4n) is 2.87. The number of rotatable bonds is 8. The van der Waals surface area contributed by atoms with Crippen molar-refractivity contribution in [2.75, 3.05) is 6.54 Å². The van der Waals surface area contributed by atoms with Gasteiger partial charge in [0.1, 0.15) is 0 Å². The van der Waals surface area contributed by atoms with Crippen molar-refractivity contribution in [3.05, 3.63) is 94.8 Å². The average Bonchev–Trinajstić information content (AvgIpc) is 2.74. The minimum atomic E-state index is -3.91. The Kier molecular flexibility index (Phi) is 7.20. The minimum Gasteiger partial charge on any atom is -0.349 e. The quantitative estimate of drug-likeness (QED) is 0.577. The minimum absolute atomic E-state index is 0.0780. The van der Waals surface area contributed by atoms with Crippen LogP contribution >= 0.6 is 11.6 Å². The molecule has 6 nitrogen and oxygen atoms in total. The second-order valence-electron chi connectivity index (χ2n) is 6.75. The summed E-state index contributed by atoms with van der Waals surface area (Å²) in [6, 6.07) is 18.8. The first kappa shape index (κ1) is 22.0. The largest absolute Gasteiger partial charge is 0.349 e. The highest BCUT2D eigenvalue weighted by atomic mass is 35.5. The molecule has 0 aliphatic rings. The summed E-state index contributed by atoms with van der Waals surface area (Å²) < 4.78 is 27.7. The molecule has 0 radical (unpaired) electrons. The van der Waals surface area contributed by atoms with E-state index in [1.807, 2.05) is 37.3 Å². The van der Waals surface area contributed by atoms with Crippen LogP contribution in [0.15, 0.2) is 77.8 Å². The van der Waals surface area contributed by atoms with Crippen molar-refractivity contribution >= 4 is 27.5 Å². The van der Waals surface area contributed by atoms with Crippen molar-refractivity contribution in [2.24, 2.45) is 0 Å². The fraction of sp³-hybridized carbons (Fsp3) is 0.182. The van der Waals surface area contributed by atoms with Crippen LogP contribution in [-0.4, -0.2) is 30.2 Å². The van der Waals surface area contributed by atoms with Gasteiger partial charge in [-0.25, -0.2) is 8.42 Å². The van der Waals surface area contributed by atoms with Gasteiger partial charge in [0, 0.05) is 17.8 Å². The predicted molar refractivity (Wildman–Crippen MR) is 116 cm³/mol. The average molecular weight is 444 g/mol. The Balaban J connectivity index is 1.82. The molecule has 156 valence electrons. The van der Waals surface area contributed by atoms with Crippen LogP contribution in [0.2, 0.25) is 5.02 Å². The molecule has 0 fully saturated rings. The number of hydrogen-bond acceptors (Lipinski definition) is 4. The lowest BCUT2D eigenvalue weighted by atomic mass is 10.1. The summed E-state index contributed by atoms with van der Waals surface area (Å²) >= 11 is 5.90. The van der Waals surface area contributed by atoms with E-state index in [2.05, 4.69) is 10.3 Å². The lowest BCUT2D eigenvalue weighted by molar-refractivity contribution is -0.121. The van der Waals surface area contributed by atoms with Crippen molar-refractivity contribution in [1.29, 1.82) is 0 Å². The van der Waals surface area contributed by atoms with Crippen LogP contribution < -0.4 is 5.32 Å². The number of aromatic nitrogens is 1. The second kappa shape index (κ2) is 9.84. The Bertz CT molecular complexity index is 1100. The van der Waals surface area contributed by atoms with E-state index in [1.54, 1.807) is 18.3 Å². The zero-order valence-corrected chi connectivity index (χ0v) is 18.0. The maximum Gasteiger partial charge on any atom is 0.243 e. The first-order valence-corrected chi connectivity index (χ1v) is 11.1. The molecule has 3 rings (SSSR count). The summed E-state index contributed by atoms with van der Waals surface area (Å²) in [5.41, 5.74) is 2.46. The van der Waals surface area contributed by atoms with Gasteiger partial charge in [0.2, 0.25) is 15.9 Å². The number of aryl methyl sites for hydroxylation is 1. The third-order valence-corrected chi connectivity index (χ3v) is 6.63. The Morgan fingerprint density at radius 2 is 1.73 bits per heavy atom. The summed E-state index contributed by atoms with van der Waals surface area (Å²) in [6.45, 7) is 1.89. The highest BCUT2D eigenvalue weighted by molar-refractivity contribution is 7.89. The predicted octanol–water partition coefficient (Wildman–Crippen LogP) is 3.55. The zero-order valence-electron chi connectivity index (χ0n) is 16.5. The Hall–Kier alpha value is -2.74. The molecule has 0 aliphatic carbocycles. The van der Waals surface area contributed by atoms with Gasteiger partial charge < -0.3 is 5.32 Å². The fourth-order valence-corrected chi connectivity index (χ4v) is 4.37. The van der Waals surface area contributed by atoms with E-state index < -0.39 is 15.9 Å². The molecule has 30 heavy (non-hydrogen) atoms. The van der Waals surface area contributed by atoms with Crippen molar-refractivity contribution in [3.8, 4) is 0 Å². The molecule has 3 aromatic rings. The molecule has 0 saturated carbocycles. The number of nitrogens with one attached hydrogen (secondary N) is 1. The highest BCUT2D eigenvalue weighted by Crippen LogP contribution is 2.21. The van der Waals surface area contributed by atoms with Gasteiger partial charge in [-0.2, -0.15) is 4.31 Å². The van der Waals surface area contributed by atoms with Crippen molar-refractivity contribution < 1.29 is 13.2 Å². The molecule has 0 aliphatic heterocycles. The molecule has 0 saturated heterocycles. The van der Waals surface area contributed by atoms with E-state index in [-0.39, 0.29) is 24.5 Å². The molecule has 8 heteroatoms. The standard InChI is InChI=1S/C22H22ClN3O3S/c1-17-6-2-3-7-18(17)15-26(30(28,29)21-11-9-19(23)10-12-21)16-22(27)25-14-20-8-4-5-13-24-20/h2-13H,14-16H2,1H3,(H,25,27). The van der Waals surface area contributed by atoms with E-state index in [0.29, 0.717) is 10.7 Å². The number of halogens is 1. The van der Waals surface area contributed by atoms with Gasteiger partial charge in [-0.15, -0.1) is 0 Å². The molecule has 0 unspecified atom stereocenters. The molecular formula is C22H22ClN3O3S. The third kappa shape index (κ3) is 5.66. The molecule has 1 heterocycles. The van der Waals surface area contributed by atoms with Crippen LogP contribution in [0.25, 0.3) is 0 Å². The molecule has 0 bridgehead atoms. The Labute approximate surface area is 181 Å². The number of hydrogen-bond donors (Lipinski definition) is 1. The molecule has 2 aromatic carbocycles. The van der Waals surface area contributed by atoms with Gasteiger partial charge in [0.05, 0.1) is 23.7 Å². The molecule has 1 N–H and O–H groups in total. The van der Waals surface area contributed by atoms with E-state index in [0.717, 1.165) is 11.1 Å². The van der Waals surface area contributed by atoms with Crippen molar-refractivity contribution in [1.82, 2.24) is 14.6 Å². The molecule has 1 aromatic heterocycles. The number of pyridine rings is 1. The highest BCUT2D eigenvalue weighted by Gasteiger charge is 2.27. The SMILES string of the molecule is Cc1ccccc1CN(CC(=O)NCc1ccccn1)S(=O)(=O)c1ccc(Cl)cc1. The van der Waals surface area contributed by atoms with Crippen LogP contribution in [0.5, 0.6) is 0 Å². The van der Waals surface area contributed by atoms with E-state index >= 15 is 0 Å². The number of carbonyl (C=O) groups excluding carboxylic acids is 1. The number of amides is 1. The smallest absolute Gasteiger partial charge is 0.243 e. The van der Waals surface area contributed by atoms with E-state index in [1.165, 1.54) is 28.6 Å². The van der Waals surface area contributed by atoms with E-state index in [4.69, 9.17) is 11.6 Å². The number of benzene rings is 2. The van der Waals surface area contributed by atoms with Gasteiger partial charge in [-0.05, 0) is 54.4 Å². The normalized spacial score (nSPS) is 11.4. The van der Waals surface area contributed by atoms with Crippen LogP contribution in [-0.2, 0) is 27.9 Å². The van der Waals surface area contributed by atoms with Crippen LogP contribution in [0, 0.1) is 6.92 Å².